The molecule has 2 N–H and O–H groups in total. The number of ether oxygens (including phenoxy) is 1. The largest absolute Gasteiger partial charge is 0.381 e. The number of nitrogens with two attached hydrogens (primary N) is 1. The summed E-state index contributed by atoms with van der Waals surface area (Å²) in [6.07, 6.45) is 4.11. The maximum Gasteiger partial charge on any atom is 0.0544 e. The summed E-state index contributed by atoms with van der Waals surface area (Å²) < 4.78 is 5.37. The van der Waals surface area contributed by atoms with Crippen LogP contribution in [0.1, 0.15) is 24.1 Å². The van der Waals surface area contributed by atoms with Crippen molar-refractivity contribution >= 4 is 0 Å². The van der Waals surface area contributed by atoms with Gasteiger partial charge in [0.25, 0.3) is 0 Å². The van der Waals surface area contributed by atoms with E-state index in [4.69, 9.17) is 10.5 Å². The predicted molar refractivity (Wildman–Crippen MR) is 67.4 cm³/mol. The van der Waals surface area contributed by atoms with Crippen LogP contribution in [0, 0.1) is 0 Å². The third kappa shape index (κ3) is 3.49. The fraction of sp³-hybridized carbons (Fsp3) is 0.615. The number of rotatable bonds is 4. The first kappa shape index (κ1) is 12.5. The molecule has 1 aliphatic rings. The zero-order chi connectivity index (χ0) is 12.1. The lowest BCUT2D eigenvalue weighted by Crippen LogP contribution is -2.36. The minimum absolute atomic E-state index is 0.559. The highest BCUT2D eigenvalue weighted by Crippen LogP contribution is 2.14. The van der Waals surface area contributed by atoms with Gasteiger partial charge in [0.15, 0.2) is 0 Å². The second-order valence-corrected chi connectivity index (χ2v) is 4.62. The molecule has 0 radical (unpaired) electrons. The van der Waals surface area contributed by atoms with Crippen LogP contribution in [-0.4, -0.2) is 36.2 Å². The standard InChI is InChI=1S/C13H21N3O/c1-16(13-4-6-17-7-5-13)10-12-3-2-11(8-14)9-15-12/h2-3,9,13H,4-8,10,14H2,1H3. The number of nitrogens with zero attached hydrogens (tertiary/aromatic N) is 2. The lowest BCUT2D eigenvalue weighted by atomic mass is 10.1. The number of hydrogen-bond donors (Lipinski definition) is 1. The van der Waals surface area contributed by atoms with E-state index in [0.29, 0.717) is 12.6 Å². The maximum atomic E-state index is 5.55. The van der Waals surface area contributed by atoms with Crippen LogP contribution < -0.4 is 5.73 Å². The van der Waals surface area contributed by atoms with E-state index in [1.165, 1.54) is 0 Å². The van der Waals surface area contributed by atoms with Gasteiger partial charge in [-0.05, 0) is 31.5 Å². The van der Waals surface area contributed by atoms with Gasteiger partial charge in [0, 0.05) is 38.5 Å². The Bertz CT molecular complexity index is 333. The molecule has 1 aromatic heterocycles. The molecule has 0 aliphatic carbocycles. The van der Waals surface area contributed by atoms with Crippen molar-refractivity contribution < 1.29 is 4.74 Å². The van der Waals surface area contributed by atoms with Gasteiger partial charge in [0.05, 0.1) is 5.69 Å². The molecule has 2 rings (SSSR count). The molecule has 0 amide bonds. The van der Waals surface area contributed by atoms with E-state index in [9.17, 15) is 0 Å². The first-order chi connectivity index (χ1) is 8.29. The SMILES string of the molecule is CN(Cc1ccc(CN)cn1)C1CCOCC1. The van der Waals surface area contributed by atoms with Crippen molar-refractivity contribution in [1.29, 1.82) is 0 Å². The minimum atomic E-state index is 0.559. The van der Waals surface area contributed by atoms with Crippen molar-refractivity contribution in [1.82, 2.24) is 9.88 Å². The van der Waals surface area contributed by atoms with Crippen LogP contribution in [0.2, 0.25) is 0 Å². The summed E-state index contributed by atoms with van der Waals surface area (Å²) in [5.74, 6) is 0. The third-order valence-electron chi connectivity index (χ3n) is 3.35. The van der Waals surface area contributed by atoms with Gasteiger partial charge >= 0.3 is 0 Å². The van der Waals surface area contributed by atoms with Crippen molar-refractivity contribution in [3.63, 3.8) is 0 Å². The number of aromatic nitrogens is 1. The summed E-state index contributed by atoms with van der Waals surface area (Å²) in [6, 6.07) is 4.75. The van der Waals surface area contributed by atoms with Gasteiger partial charge in [-0.15, -0.1) is 0 Å². The lowest BCUT2D eigenvalue weighted by Gasteiger charge is -2.30. The van der Waals surface area contributed by atoms with Crippen LogP contribution in [0.15, 0.2) is 18.3 Å². The van der Waals surface area contributed by atoms with Gasteiger partial charge in [0.2, 0.25) is 0 Å². The zero-order valence-corrected chi connectivity index (χ0v) is 10.4. The fourth-order valence-corrected chi connectivity index (χ4v) is 2.18. The molecule has 0 bridgehead atoms. The number of hydrogen-bond acceptors (Lipinski definition) is 4. The first-order valence-electron chi connectivity index (χ1n) is 6.21. The summed E-state index contributed by atoms with van der Waals surface area (Å²) in [5.41, 5.74) is 7.75. The molecule has 0 atom stereocenters. The average molecular weight is 235 g/mol. The Balaban J connectivity index is 1.89. The lowest BCUT2D eigenvalue weighted by molar-refractivity contribution is 0.0403. The molecule has 1 saturated heterocycles. The van der Waals surface area contributed by atoms with Crippen molar-refractivity contribution in [2.45, 2.75) is 32.0 Å². The van der Waals surface area contributed by atoms with Crippen LogP contribution in [0.3, 0.4) is 0 Å². The van der Waals surface area contributed by atoms with Crippen LogP contribution >= 0.6 is 0 Å². The molecule has 0 spiro atoms. The molecule has 2 heterocycles. The maximum absolute atomic E-state index is 5.55. The van der Waals surface area contributed by atoms with Crippen LogP contribution in [0.5, 0.6) is 0 Å². The molecular formula is C13H21N3O. The zero-order valence-electron chi connectivity index (χ0n) is 10.4. The molecule has 1 aromatic rings. The Labute approximate surface area is 103 Å². The van der Waals surface area contributed by atoms with E-state index < -0.39 is 0 Å². The molecule has 0 aromatic carbocycles. The van der Waals surface area contributed by atoms with Crippen molar-refractivity contribution in [2.24, 2.45) is 5.73 Å². The topological polar surface area (TPSA) is 51.4 Å². The smallest absolute Gasteiger partial charge is 0.0544 e. The molecule has 1 fully saturated rings. The molecule has 4 heteroatoms. The van der Waals surface area contributed by atoms with Gasteiger partial charge in [-0.25, -0.2) is 0 Å². The Hall–Kier alpha value is -0.970. The summed E-state index contributed by atoms with van der Waals surface area (Å²) in [4.78, 5) is 6.80. The fourth-order valence-electron chi connectivity index (χ4n) is 2.18. The van der Waals surface area contributed by atoms with Crippen LogP contribution in [0.25, 0.3) is 0 Å². The van der Waals surface area contributed by atoms with Crippen molar-refractivity contribution in [2.75, 3.05) is 20.3 Å². The van der Waals surface area contributed by atoms with E-state index in [2.05, 4.69) is 29.1 Å². The quantitative estimate of drug-likeness (QED) is 0.850. The molecule has 4 nitrogen and oxygen atoms in total. The normalized spacial score (nSPS) is 17.6. The van der Waals surface area contributed by atoms with Gasteiger partial charge in [-0.2, -0.15) is 0 Å². The van der Waals surface area contributed by atoms with Gasteiger partial charge < -0.3 is 10.5 Å². The minimum Gasteiger partial charge on any atom is -0.381 e. The Kier molecular flexibility index (Phi) is 4.48. The Morgan fingerprint density at radius 1 is 1.41 bits per heavy atom. The van der Waals surface area contributed by atoms with E-state index >= 15 is 0 Å². The second kappa shape index (κ2) is 6.10. The molecule has 17 heavy (non-hydrogen) atoms. The first-order valence-corrected chi connectivity index (χ1v) is 6.21. The van der Waals surface area contributed by atoms with Gasteiger partial charge in [-0.3, -0.25) is 9.88 Å². The molecule has 94 valence electrons. The summed E-state index contributed by atoms with van der Waals surface area (Å²) in [7, 11) is 2.16. The van der Waals surface area contributed by atoms with E-state index in [1.807, 2.05) is 6.20 Å². The highest BCUT2D eigenvalue weighted by molar-refractivity contribution is 5.13. The molecule has 0 saturated carbocycles. The highest BCUT2D eigenvalue weighted by Gasteiger charge is 2.18. The summed E-state index contributed by atoms with van der Waals surface area (Å²) in [6.45, 7) is 3.22. The predicted octanol–water partition coefficient (Wildman–Crippen LogP) is 1.15. The van der Waals surface area contributed by atoms with Crippen molar-refractivity contribution in [3.05, 3.63) is 29.6 Å². The molecule has 0 unspecified atom stereocenters. The third-order valence-corrected chi connectivity index (χ3v) is 3.35. The van der Waals surface area contributed by atoms with Gasteiger partial charge in [-0.1, -0.05) is 6.07 Å². The average Bonchev–Trinajstić information content (AvgIpc) is 2.40. The van der Waals surface area contributed by atoms with Crippen LogP contribution in [0.4, 0.5) is 0 Å². The van der Waals surface area contributed by atoms with Crippen molar-refractivity contribution in [3.8, 4) is 0 Å². The molecular weight excluding hydrogens is 214 g/mol. The molecule has 1 aliphatic heterocycles. The second-order valence-electron chi connectivity index (χ2n) is 4.62. The number of pyridine rings is 1. The summed E-state index contributed by atoms with van der Waals surface area (Å²) in [5, 5.41) is 0. The Morgan fingerprint density at radius 2 is 2.18 bits per heavy atom. The Morgan fingerprint density at radius 3 is 2.76 bits per heavy atom. The van der Waals surface area contributed by atoms with E-state index in [-0.39, 0.29) is 0 Å². The highest BCUT2D eigenvalue weighted by atomic mass is 16.5. The van der Waals surface area contributed by atoms with Crippen LogP contribution in [-0.2, 0) is 17.8 Å². The van der Waals surface area contributed by atoms with E-state index in [0.717, 1.165) is 43.9 Å². The van der Waals surface area contributed by atoms with E-state index in [1.54, 1.807) is 0 Å². The van der Waals surface area contributed by atoms with Gasteiger partial charge in [0.1, 0.15) is 0 Å². The summed E-state index contributed by atoms with van der Waals surface area (Å²) >= 11 is 0. The monoisotopic (exact) mass is 235 g/mol.